The molecule has 1 heteroatoms. The summed E-state index contributed by atoms with van der Waals surface area (Å²) in [5.41, 5.74) is 2.88. The third kappa shape index (κ3) is 3.13. The van der Waals surface area contributed by atoms with E-state index in [4.69, 9.17) is 0 Å². The standard InChI is InChI=1S/C11H15I/c1-3-10-4-6-11(7-5-10)8-9(2)12/h4-7,9H,3,8H2,1-2H3. The van der Waals surface area contributed by atoms with Crippen molar-refractivity contribution in [2.75, 3.05) is 0 Å². The van der Waals surface area contributed by atoms with Crippen LogP contribution < -0.4 is 0 Å². The minimum atomic E-state index is 0.732. The molecule has 0 saturated carbocycles. The van der Waals surface area contributed by atoms with E-state index in [2.05, 4.69) is 60.7 Å². The van der Waals surface area contributed by atoms with Gasteiger partial charge in [0, 0.05) is 3.92 Å². The lowest BCUT2D eigenvalue weighted by Gasteiger charge is -2.03. The fourth-order valence-electron chi connectivity index (χ4n) is 1.24. The third-order valence-electron chi connectivity index (χ3n) is 1.95. The molecule has 1 aromatic carbocycles. The average Bonchev–Trinajstić information content (AvgIpc) is 2.05. The Morgan fingerprint density at radius 3 is 2.08 bits per heavy atom. The van der Waals surface area contributed by atoms with Crippen molar-refractivity contribution in [1.29, 1.82) is 0 Å². The summed E-state index contributed by atoms with van der Waals surface area (Å²) in [5, 5.41) is 0. The molecular weight excluding hydrogens is 259 g/mol. The molecule has 1 rings (SSSR count). The van der Waals surface area contributed by atoms with Crippen LogP contribution in [-0.2, 0) is 12.8 Å². The van der Waals surface area contributed by atoms with Crippen molar-refractivity contribution in [2.24, 2.45) is 0 Å². The highest BCUT2D eigenvalue weighted by Gasteiger charge is 1.97. The molecule has 0 heterocycles. The first-order valence-corrected chi connectivity index (χ1v) is 5.69. The molecule has 0 aliphatic heterocycles. The van der Waals surface area contributed by atoms with Crippen molar-refractivity contribution >= 4 is 22.6 Å². The molecule has 0 nitrogen and oxygen atoms in total. The van der Waals surface area contributed by atoms with E-state index in [0.29, 0.717) is 0 Å². The van der Waals surface area contributed by atoms with Crippen molar-refractivity contribution in [1.82, 2.24) is 0 Å². The van der Waals surface area contributed by atoms with Crippen LogP contribution in [0.15, 0.2) is 24.3 Å². The summed E-state index contributed by atoms with van der Waals surface area (Å²) in [6.07, 6.45) is 2.32. The second-order valence-electron chi connectivity index (χ2n) is 3.15. The van der Waals surface area contributed by atoms with Crippen LogP contribution >= 0.6 is 22.6 Å². The maximum absolute atomic E-state index is 2.46. The number of rotatable bonds is 3. The molecular formula is C11H15I. The Bertz CT molecular complexity index is 223. The first-order chi connectivity index (χ1) is 5.72. The van der Waals surface area contributed by atoms with Crippen molar-refractivity contribution in [3.8, 4) is 0 Å². The molecule has 0 aliphatic rings. The molecule has 0 aromatic heterocycles. The summed E-state index contributed by atoms with van der Waals surface area (Å²) in [6.45, 7) is 4.43. The van der Waals surface area contributed by atoms with E-state index >= 15 is 0 Å². The highest BCUT2D eigenvalue weighted by molar-refractivity contribution is 14.1. The molecule has 0 fully saturated rings. The molecule has 0 spiro atoms. The van der Waals surface area contributed by atoms with Gasteiger partial charge in [0.2, 0.25) is 0 Å². The minimum absolute atomic E-state index is 0.732. The van der Waals surface area contributed by atoms with E-state index in [9.17, 15) is 0 Å². The zero-order valence-electron chi connectivity index (χ0n) is 7.68. The van der Waals surface area contributed by atoms with Crippen LogP contribution in [0.1, 0.15) is 25.0 Å². The largest absolute Gasteiger partial charge is 0.0826 e. The predicted octanol–water partition coefficient (Wildman–Crippen LogP) is 3.62. The highest BCUT2D eigenvalue weighted by Crippen LogP contribution is 2.11. The van der Waals surface area contributed by atoms with Crippen LogP contribution in [0, 0.1) is 0 Å². The van der Waals surface area contributed by atoms with Crippen LogP contribution in [0.2, 0.25) is 0 Å². The summed E-state index contributed by atoms with van der Waals surface area (Å²) in [6, 6.07) is 8.95. The number of hydrogen-bond donors (Lipinski definition) is 0. The van der Waals surface area contributed by atoms with E-state index in [1.54, 1.807) is 0 Å². The SMILES string of the molecule is CCc1ccc(CC(C)I)cc1. The average molecular weight is 274 g/mol. The van der Waals surface area contributed by atoms with Gasteiger partial charge in [0.25, 0.3) is 0 Å². The zero-order chi connectivity index (χ0) is 8.97. The number of aryl methyl sites for hydroxylation is 1. The van der Waals surface area contributed by atoms with Crippen molar-refractivity contribution < 1.29 is 0 Å². The maximum atomic E-state index is 2.46. The summed E-state index contributed by atoms with van der Waals surface area (Å²) in [4.78, 5) is 0. The van der Waals surface area contributed by atoms with E-state index in [1.807, 2.05) is 0 Å². The molecule has 0 saturated heterocycles. The highest BCUT2D eigenvalue weighted by atomic mass is 127. The van der Waals surface area contributed by atoms with Gasteiger partial charge in [0.05, 0.1) is 0 Å². The van der Waals surface area contributed by atoms with Gasteiger partial charge in [0.15, 0.2) is 0 Å². The van der Waals surface area contributed by atoms with Crippen molar-refractivity contribution in [2.45, 2.75) is 30.6 Å². The topological polar surface area (TPSA) is 0 Å². The molecule has 12 heavy (non-hydrogen) atoms. The summed E-state index contributed by atoms with van der Waals surface area (Å²) < 4.78 is 0.732. The first-order valence-electron chi connectivity index (χ1n) is 4.44. The molecule has 0 N–H and O–H groups in total. The summed E-state index contributed by atoms with van der Waals surface area (Å²) >= 11 is 2.46. The molecule has 66 valence electrons. The fraction of sp³-hybridized carbons (Fsp3) is 0.455. The van der Waals surface area contributed by atoms with Crippen LogP contribution in [0.4, 0.5) is 0 Å². The van der Waals surface area contributed by atoms with Crippen molar-refractivity contribution in [3.63, 3.8) is 0 Å². The number of hydrogen-bond acceptors (Lipinski definition) is 0. The van der Waals surface area contributed by atoms with Gasteiger partial charge >= 0.3 is 0 Å². The Balaban J connectivity index is 2.65. The minimum Gasteiger partial charge on any atom is -0.0826 e. The van der Waals surface area contributed by atoms with Gasteiger partial charge in [-0.25, -0.2) is 0 Å². The van der Waals surface area contributed by atoms with Crippen LogP contribution in [0.3, 0.4) is 0 Å². The van der Waals surface area contributed by atoms with Crippen LogP contribution in [-0.4, -0.2) is 3.92 Å². The fourth-order valence-corrected chi connectivity index (χ4v) is 1.74. The zero-order valence-corrected chi connectivity index (χ0v) is 9.84. The van der Waals surface area contributed by atoms with E-state index in [-0.39, 0.29) is 0 Å². The van der Waals surface area contributed by atoms with Gasteiger partial charge in [-0.05, 0) is 24.0 Å². The third-order valence-corrected chi connectivity index (χ3v) is 2.39. The van der Waals surface area contributed by atoms with Gasteiger partial charge in [-0.3, -0.25) is 0 Å². The normalized spacial score (nSPS) is 12.9. The molecule has 1 unspecified atom stereocenters. The Morgan fingerprint density at radius 2 is 1.67 bits per heavy atom. The molecule has 1 atom stereocenters. The van der Waals surface area contributed by atoms with E-state index < -0.39 is 0 Å². The van der Waals surface area contributed by atoms with E-state index in [0.717, 1.165) is 10.3 Å². The van der Waals surface area contributed by atoms with Gasteiger partial charge in [-0.2, -0.15) is 0 Å². The monoisotopic (exact) mass is 274 g/mol. The number of benzene rings is 1. The Labute approximate surface area is 88.5 Å². The van der Waals surface area contributed by atoms with Crippen molar-refractivity contribution in [3.05, 3.63) is 35.4 Å². The lowest BCUT2D eigenvalue weighted by Crippen LogP contribution is -1.95. The Morgan fingerprint density at radius 1 is 1.17 bits per heavy atom. The smallest absolute Gasteiger partial charge is 0.0122 e. The van der Waals surface area contributed by atoms with Gasteiger partial charge < -0.3 is 0 Å². The lowest BCUT2D eigenvalue weighted by molar-refractivity contribution is 0.973. The quantitative estimate of drug-likeness (QED) is 0.583. The Kier molecular flexibility index (Phi) is 4.06. The maximum Gasteiger partial charge on any atom is 0.0122 e. The van der Waals surface area contributed by atoms with E-state index in [1.165, 1.54) is 17.5 Å². The molecule has 0 amide bonds. The van der Waals surface area contributed by atoms with Gasteiger partial charge in [-0.1, -0.05) is 60.7 Å². The van der Waals surface area contributed by atoms with Crippen LogP contribution in [0.25, 0.3) is 0 Å². The van der Waals surface area contributed by atoms with Gasteiger partial charge in [0.1, 0.15) is 0 Å². The summed E-state index contributed by atoms with van der Waals surface area (Å²) in [7, 11) is 0. The lowest BCUT2D eigenvalue weighted by atomic mass is 10.1. The molecule has 1 aromatic rings. The molecule has 0 bridgehead atoms. The predicted molar refractivity (Wildman–Crippen MR) is 63.0 cm³/mol. The number of alkyl halides is 1. The second kappa shape index (κ2) is 4.85. The van der Waals surface area contributed by atoms with Crippen LogP contribution in [0.5, 0.6) is 0 Å². The summed E-state index contributed by atoms with van der Waals surface area (Å²) in [5.74, 6) is 0. The van der Waals surface area contributed by atoms with Gasteiger partial charge in [-0.15, -0.1) is 0 Å². The second-order valence-corrected chi connectivity index (χ2v) is 5.28. The Hall–Kier alpha value is -0.0500. The molecule has 0 aliphatic carbocycles. The first kappa shape index (κ1) is 10.0. The number of halogens is 1. The molecule has 0 radical (unpaired) electrons.